The van der Waals surface area contributed by atoms with Gasteiger partial charge in [-0.3, -0.25) is 9.89 Å². The van der Waals surface area contributed by atoms with Crippen LogP contribution in [0.4, 0.5) is 0 Å². The highest BCUT2D eigenvalue weighted by Crippen LogP contribution is 2.28. The summed E-state index contributed by atoms with van der Waals surface area (Å²) in [6, 6.07) is 6.84. The Morgan fingerprint density at radius 2 is 2.00 bits per heavy atom. The number of guanidine groups is 1. The van der Waals surface area contributed by atoms with Crippen molar-refractivity contribution in [3.63, 3.8) is 0 Å². The van der Waals surface area contributed by atoms with Gasteiger partial charge in [0, 0.05) is 45.3 Å². The van der Waals surface area contributed by atoms with Crippen molar-refractivity contribution in [2.45, 2.75) is 39.2 Å². The molecule has 1 unspecified atom stereocenters. The molecule has 6 nitrogen and oxygen atoms in total. The molecule has 1 N–H and O–H groups in total. The number of rotatable bonds is 9. The van der Waals surface area contributed by atoms with E-state index in [4.69, 9.17) is 14.5 Å². The van der Waals surface area contributed by atoms with Crippen LogP contribution >= 0.6 is 24.0 Å². The standard InChI is InChI=1S/C23H36N4O2.HI/c1-4-24-23(27-16-12-20(18-27)26-14-6-7-15-26)25-13-8-9-19-10-11-21(28-3)22(17-19)29-5-2;/h6-7,10-11,17,20H,4-5,8-9,12-16,18H2,1-3H3,(H,24,25);1H. The molecule has 0 aromatic heterocycles. The van der Waals surface area contributed by atoms with Gasteiger partial charge in [0.1, 0.15) is 0 Å². The number of halogens is 1. The Hall–Kier alpha value is -1.48. The van der Waals surface area contributed by atoms with Crippen LogP contribution in [0, 0.1) is 0 Å². The number of ether oxygens (including phenoxy) is 2. The van der Waals surface area contributed by atoms with E-state index in [-0.39, 0.29) is 24.0 Å². The maximum atomic E-state index is 5.69. The van der Waals surface area contributed by atoms with E-state index in [1.54, 1.807) is 7.11 Å². The number of benzene rings is 1. The summed E-state index contributed by atoms with van der Waals surface area (Å²) >= 11 is 0. The predicted molar refractivity (Wildman–Crippen MR) is 135 cm³/mol. The molecule has 0 amide bonds. The number of likely N-dealkylation sites (tertiary alicyclic amines) is 1. The molecule has 0 saturated carbocycles. The second-order valence-electron chi connectivity index (χ2n) is 7.57. The summed E-state index contributed by atoms with van der Waals surface area (Å²) in [6.45, 7) is 10.8. The minimum absolute atomic E-state index is 0. The Bertz CT molecular complexity index is 702. The van der Waals surface area contributed by atoms with Crippen LogP contribution in [0.5, 0.6) is 11.5 Å². The Balaban J connectivity index is 0.00000320. The molecule has 1 aromatic rings. The second-order valence-corrected chi connectivity index (χ2v) is 7.57. The van der Waals surface area contributed by atoms with Gasteiger partial charge in [0.15, 0.2) is 17.5 Å². The lowest BCUT2D eigenvalue weighted by atomic mass is 10.1. The molecule has 1 fully saturated rings. The average Bonchev–Trinajstić information content (AvgIpc) is 3.42. The molecular weight excluding hydrogens is 491 g/mol. The van der Waals surface area contributed by atoms with Gasteiger partial charge in [-0.05, 0) is 50.8 Å². The van der Waals surface area contributed by atoms with E-state index in [1.165, 1.54) is 12.0 Å². The number of aryl methyl sites for hydroxylation is 1. The molecule has 30 heavy (non-hydrogen) atoms. The van der Waals surface area contributed by atoms with Crippen molar-refractivity contribution >= 4 is 29.9 Å². The highest BCUT2D eigenvalue weighted by Gasteiger charge is 2.29. The first-order valence-corrected chi connectivity index (χ1v) is 11.0. The van der Waals surface area contributed by atoms with Gasteiger partial charge in [-0.2, -0.15) is 0 Å². The summed E-state index contributed by atoms with van der Waals surface area (Å²) in [7, 11) is 1.68. The Morgan fingerprint density at radius 3 is 2.70 bits per heavy atom. The minimum Gasteiger partial charge on any atom is -0.493 e. The fourth-order valence-corrected chi connectivity index (χ4v) is 4.06. The van der Waals surface area contributed by atoms with Gasteiger partial charge in [-0.1, -0.05) is 18.2 Å². The van der Waals surface area contributed by atoms with Gasteiger partial charge in [0.2, 0.25) is 0 Å². The molecule has 168 valence electrons. The van der Waals surface area contributed by atoms with Gasteiger partial charge < -0.3 is 19.7 Å². The summed E-state index contributed by atoms with van der Waals surface area (Å²) in [4.78, 5) is 9.89. The summed E-state index contributed by atoms with van der Waals surface area (Å²) in [5, 5.41) is 3.48. The van der Waals surface area contributed by atoms with Crippen molar-refractivity contribution in [1.82, 2.24) is 15.1 Å². The Morgan fingerprint density at radius 1 is 1.20 bits per heavy atom. The zero-order chi connectivity index (χ0) is 20.5. The van der Waals surface area contributed by atoms with E-state index < -0.39 is 0 Å². The lowest BCUT2D eigenvalue weighted by Crippen LogP contribution is -2.42. The molecule has 7 heteroatoms. The number of aliphatic imine (C=N–C) groups is 1. The van der Waals surface area contributed by atoms with E-state index in [1.807, 2.05) is 13.0 Å². The van der Waals surface area contributed by atoms with Gasteiger partial charge in [0.25, 0.3) is 0 Å². The zero-order valence-corrected chi connectivity index (χ0v) is 20.9. The Kier molecular flexibility index (Phi) is 10.8. The first-order valence-electron chi connectivity index (χ1n) is 11.0. The van der Waals surface area contributed by atoms with Crippen molar-refractivity contribution in [3.8, 4) is 11.5 Å². The smallest absolute Gasteiger partial charge is 0.193 e. The maximum absolute atomic E-state index is 5.69. The lowest BCUT2D eigenvalue weighted by Gasteiger charge is -2.25. The Labute approximate surface area is 198 Å². The predicted octanol–water partition coefficient (Wildman–Crippen LogP) is 3.56. The van der Waals surface area contributed by atoms with E-state index >= 15 is 0 Å². The van der Waals surface area contributed by atoms with Gasteiger partial charge in [0.05, 0.1) is 13.7 Å². The summed E-state index contributed by atoms with van der Waals surface area (Å²) in [5.74, 6) is 2.68. The molecule has 0 aliphatic carbocycles. The van der Waals surface area contributed by atoms with E-state index in [2.05, 4.69) is 46.3 Å². The zero-order valence-electron chi connectivity index (χ0n) is 18.6. The monoisotopic (exact) mass is 528 g/mol. The first-order chi connectivity index (χ1) is 14.2. The van der Waals surface area contributed by atoms with Crippen LogP contribution in [0.3, 0.4) is 0 Å². The minimum atomic E-state index is 0. The normalized spacial score (nSPS) is 19.1. The van der Waals surface area contributed by atoms with Gasteiger partial charge >= 0.3 is 0 Å². The topological polar surface area (TPSA) is 49.3 Å². The van der Waals surface area contributed by atoms with Crippen LogP contribution in [0.1, 0.15) is 32.3 Å². The van der Waals surface area contributed by atoms with Crippen molar-refractivity contribution < 1.29 is 9.47 Å². The van der Waals surface area contributed by atoms with Crippen molar-refractivity contribution in [3.05, 3.63) is 35.9 Å². The van der Waals surface area contributed by atoms with E-state index in [9.17, 15) is 0 Å². The lowest BCUT2D eigenvalue weighted by molar-refractivity contribution is 0.259. The van der Waals surface area contributed by atoms with Crippen LogP contribution in [0.25, 0.3) is 0 Å². The number of nitrogens with one attached hydrogen (secondary N) is 1. The van der Waals surface area contributed by atoms with E-state index in [0.29, 0.717) is 12.6 Å². The first kappa shape index (κ1) is 24.8. The SMILES string of the molecule is CCNC(=NCCCc1ccc(OC)c(OCC)c1)N1CCC(N2CC=CC2)C1.I. The molecule has 2 heterocycles. The fourth-order valence-electron chi connectivity index (χ4n) is 4.06. The van der Waals surface area contributed by atoms with Gasteiger partial charge in [-0.15, -0.1) is 24.0 Å². The summed E-state index contributed by atoms with van der Waals surface area (Å²) in [6.07, 6.45) is 7.77. The third kappa shape index (κ3) is 6.77. The number of methoxy groups -OCH3 is 1. The van der Waals surface area contributed by atoms with E-state index in [0.717, 1.165) is 69.6 Å². The van der Waals surface area contributed by atoms with Crippen LogP contribution < -0.4 is 14.8 Å². The molecule has 1 atom stereocenters. The average molecular weight is 528 g/mol. The van der Waals surface area contributed by atoms with Crippen molar-refractivity contribution in [1.29, 1.82) is 0 Å². The van der Waals surface area contributed by atoms with Crippen molar-refractivity contribution in [2.24, 2.45) is 4.99 Å². The van der Waals surface area contributed by atoms with Crippen LogP contribution in [-0.2, 0) is 6.42 Å². The van der Waals surface area contributed by atoms with Gasteiger partial charge in [-0.25, -0.2) is 0 Å². The summed E-state index contributed by atoms with van der Waals surface area (Å²) in [5.41, 5.74) is 1.26. The molecule has 2 aliphatic heterocycles. The molecule has 1 saturated heterocycles. The molecule has 2 aliphatic rings. The third-order valence-corrected chi connectivity index (χ3v) is 5.57. The van der Waals surface area contributed by atoms with Crippen LogP contribution in [-0.4, -0.2) is 74.8 Å². The number of nitrogens with zero attached hydrogens (tertiary/aromatic N) is 3. The quantitative estimate of drug-likeness (QED) is 0.175. The molecular formula is C23H37IN4O2. The molecule has 3 rings (SSSR count). The molecule has 0 spiro atoms. The number of hydrogen-bond donors (Lipinski definition) is 1. The summed E-state index contributed by atoms with van der Waals surface area (Å²) < 4.78 is 11.1. The fraction of sp³-hybridized carbons (Fsp3) is 0.609. The third-order valence-electron chi connectivity index (χ3n) is 5.57. The molecule has 0 radical (unpaired) electrons. The molecule has 0 bridgehead atoms. The molecule has 1 aromatic carbocycles. The highest BCUT2D eigenvalue weighted by molar-refractivity contribution is 14.0. The van der Waals surface area contributed by atoms with Crippen LogP contribution in [0.2, 0.25) is 0 Å². The van der Waals surface area contributed by atoms with Crippen molar-refractivity contribution in [2.75, 3.05) is 53.0 Å². The number of hydrogen-bond acceptors (Lipinski definition) is 4. The highest BCUT2D eigenvalue weighted by atomic mass is 127. The van der Waals surface area contributed by atoms with Crippen LogP contribution in [0.15, 0.2) is 35.3 Å². The maximum Gasteiger partial charge on any atom is 0.193 e. The second kappa shape index (κ2) is 13.0. The largest absolute Gasteiger partial charge is 0.493 e.